The van der Waals surface area contributed by atoms with Crippen molar-refractivity contribution < 1.29 is 76.5 Å². The predicted octanol–water partition coefficient (Wildman–Crippen LogP) is -5.00. The smallest absolute Gasteiger partial charge is 0.756 e. The fourth-order valence-corrected chi connectivity index (χ4v) is 6.12. The van der Waals surface area contributed by atoms with Crippen molar-refractivity contribution in [3.05, 3.63) is 35.4 Å². The number of phosphoric ester groups is 1. The first-order valence-corrected chi connectivity index (χ1v) is 13.0. The number of imidazole rings is 2. The number of nitrogens with zero attached hydrogens (tertiary/aromatic N) is 5. The van der Waals surface area contributed by atoms with E-state index in [1.165, 1.54) is 22.6 Å². The third kappa shape index (κ3) is 5.83. The van der Waals surface area contributed by atoms with Gasteiger partial charge in [0.25, 0.3) is 19.3 Å². The predicted molar refractivity (Wildman–Crippen MR) is 113 cm³/mol. The Morgan fingerprint density at radius 2 is 2.11 bits per heavy atom. The number of rotatable bonds is 9. The number of methoxy groups -OCH3 is 1. The number of aromatic amines is 1. The quantitative estimate of drug-likeness (QED) is 0.110. The fourth-order valence-electron chi connectivity index (χ4n) is 3.80. The number of aryl methyl sites for hydroxylation is 1. The second-order valence-electron chi connectivity index (χ2n) is 7.69. The SMILES string of the molecule is COC[C@H]1[C@@H](O)[C@H]([n+]2cn(C)c3c(=O)[nH]c(N)nc32)O[C@@H]1COP(=O)([O-])OP(=O)(O)n1ccnc1.[Na+]. The van der Waals surface area contributed by atoms with E-state index >= 15 is 0 Å². The molecule has 0 radical (unpaired) electrons. The van der Waals surface area contributed by atoms with Crippen LogP contribution in [0.25, 0.3) is 11.2 Å². The summed E-state index contributed by atoms with van der Waals surface area (Å²) in [6.45, 7) is -0.724. The van der Waals surface area contributed by atoms with E-state index in [4.69, 9.17) is 19.7 Å². The third-order valence-electron chi connectivity index (χ3n) is 5.33. The minimum absolute atomic E-state index is 0. The normalized spacial score (nSPS) is 25.4. The Kier molecular flexibility index (Phi) is 8.98. The Balaban J connectivity index is 0.00000361. The summed E-state index contributed by atoms with van der Waals surface area (Å²) in [6, 6.07) is 0. The number of nitrogens with one attached hydrogen (secondary N) is 1. The fraction of sp³-hybridized carbons (Fsp3) is 0.500. The molecule has 3 aromatic heterocycles. The number of hydrogen-bond donors (Lipinski definition) is 4. The number of anilines is 1. The van der Waals surface area contributed by atoms with Crippen LogP contribution in [0.2, 0.25) is 0 Å². The minimum atomic E-state index is -5.31. The summed E-state index contributed by atoms with van der Waals surface area (Å²) < 4.78 is 48.0. The van der Waals surface area contributed by atoms with E-state index in [9.17, 15) is 28.8 Å². The van der Waals surface area contributed by atoms with Gasteiger partial charge in [0.15, 0.2) is 6.33 Å². The molecule has 0 amide bonds. The summed E-state index contributed by atoms with van der Waals surface area (Å²) in [5.41, 5.74) is 5.43. The summed E-state index contributed by atoms with van der Waals surface area (Å²) in [7, 11) is -7.19. The summed E-state index contributed by atoms with van der Waals surface area (Å²) in [5.74, 6) is -0.944. The van der Waals surface area contributed by atoms with E-state index in [0.717, 1.165) is 18.7 Å². The number of fused-ring (bicyclic) bond motifs is 1. The Bertz CT molecular complexity index is 1370. The molecule has 36 heavy (non-hydrogen) atoms. The molecule has 1 saturated heterocycles. The van der Waals surface area contributed by atoms with Gasteiger partial charge < -0.3 is 34.6 Å². The number of H-pyrrole nitrogens is 1. The van der Waals surface area contributed by atoms with Crippen molar-refractivity contribution in [3.8, 4) is 0 Å². The maximum atomic E-state index is 12.3. The van der Waals surface area contributed by atoms with Crippen LogP contribution in [0.1, 0.15) is 6.23 Å². The molecule has 2 unspecified atom stereocenters. The first-order chi connectivity index (χ1) is 16.4. The van der Waals surface area contributed by atoms with Crippen molar-refractivity contribution in [2.24, 2.45) is 13.0 Å². The minimum Gasteiger partial charge on any atom is -0.756 e. The van der Waals surface area contributed by atoms with Gasteiger partial charge in [0.1, 0.15) is 12.4 Å². The van der Waals surface area contributed by atoms with Crippen molar-refractivity contribution in [2.75, 3.05) is 26.1 Å². The van der Waals surface area contributed by atoms with Crippen molar-refractivity contribution in [3.63, 3.8) is 0 Å². The van der Waals surface area contributed by atoms with Gasteiger partial charge in [-0.05, 0) is 0 Å². The molecular weight excluding hydrogens is 535 g/mol. The molecule has 20 heteroatoms. The van der Waals surface area contributed by atoms with Crippen LogP contribution in [0.4, 0.5) is 5.95 Å². The van der Waals surface area contributed by atoms with Crippen molar-refractivity contribution in [2.45, 2.75) is 18.4 Å². The van der Waals surface area contributed by atoms with Crippen LogP contribution in [-0.2, 0) is 34.5 Å². The number of aromatic nitrogens is 6. The molecule has 4 heterocycles. The number of aliphatic hydroxyl groups is 1. The standard InChI is InChI=1S/C16H23N7O10P2.Na/c1-21-8-23(13-11(21)14(25)20-16(17)19-13)15-12(24)9(5-30-2)10(32-15)6-31-35(28,29)33-34(26,27)22-4-3-18-7-22;/h3-4,7-10,12,15,24H,5-6H2,1-2H3,(H4-,17,19,20,25,26,27,28,29);/q;+1/t9-,10-,12-,15-;/m1./s1. The Morgan fingerprint density at radius 1 is 1.39 bits per heavy atom. The molecule has 0 saturated carbocycles. The van der Waals surface area contributed by atoms with E-state index in [-0.39, 0.29) is 53.3 Å². The van der Waals surface area contributed by atoms with E-state index in [2.05, 4.69) is 19.3 Å². The van der Waals surface area contributed by atoms with Crippen molar-refractivity contribution in [1.29, 1.82) is 0 Å². The zero-order valence-electron chi connectivity index (χ0n) is 19.4. The van der Waals surface area contributed by atoms with Crippen LogP contribution in [0.3, 0.4) is 0 Å². The Labute approximate surface area is 225 Å². The monoisotopic (exact) mass is 558 g/mol. The van der Waals surface area contributed by atoms with Gasteiger partial charge in [0.2, 0.25) is 11.7 Å². The molecule has 17 nitrogen and oxygen atoms in total. The van der Waals surface area contributed by atoms with Crippen LogP contribution in [0, 0.1) is 5.92 Å². The average Bonchev–Trinajstić information content (AvgIpc) is 3.46. The number of nitrogen functional groups attached to an aromatic ring is 1. The molecule has 1 fully saturated rings. The van der Waals surface area contributed by atoms with Gasteiger partial charge in [-0.15, -0.1) is 0 Å². The van der Waals surface area contributed by atoms with Gasteiger partial charge in [0, 0.05) is 25.4 Å². The molecule has 192 valence electrons. The number of ether oxygens (including phenoxy) is 2. The average molecular weight is 558 g/mol. The zero-order chi connectivity index (χ0) is 25.5. The van der Waals surface area contributed by atoms with Crippen molar-refractivity contribution >= 4 is 32.7 Å². The van der Waals surface area contributed by atoms with Crippen molar-refractivity contribution in [1.82, 2.24) is 23.9 Å². The van der Waals surface area contributed by atoms with Crippen LogP contribution < -0.4 is 50.3 Å². The summed E-state index contributed by atoms with van der Waals surface area (Å²) in [6.07, 6.45) is 1.14. The maximum absolute atomic E-state index is 12.3. The summed E-state index contributed by atoms with van der Waals surface area (Å²) >= 11 is 0. The summed E-state index contributed by atoms with van der Waals surface area (Å²) in [4.78, 5) is 44.5. The van der Waals surface area contributed by atoms with E-state index in [1.807, 2.05) is 0 Å². The molecule has 4 rings (SSSR count). The van der Waals surface area contributed by atoms with E-state index in [0.29, 0.717) is 4.34 Å². The number of nitrogens with two attached hydrogens (primary N) is 1. The molecule has 1 aliphatic rings. The molecule has 0 bridgehead atoms. The van der Waals surface area contributed by atoms with E-state index in [1.54, 1.807) is 7.05 Å². The van der Waals surface area contributed by atoms with Crippen LogP contribution in [-0.4, -0.2) is 66.4 Å². The topological polar surface area (TPSA) is 233 Å². The molecule has 0 spiro atoms. The van der Waals surface area contributed by atoms with Gasteiger partial charge in [-0.2, -0.15) is 0 Å². The first-order valence-electron chi connectivity index (χ1n) is 10.0. The van der Waals surface area contributed by atoms with Crippen LogP contribution >= 0.6 is 15.6 Å². The first kappa shape index (κ1) is 29.1. The van der Waals surface area contributed by atoms with Crippen LogP contribution in [0.15, 0.2) is 29.8 Å². The molecule has 5 N–H and O–H groups in total. The molecule has 0 aliphatic carbocycles. The van der Waals surface area contributed by atoms with Gasteiger partial charge in [-0.25, -0.2) is 22.8 Å². The second-order valence-corrected chi connectivity index (χ2v) is 10.9. The third-order valence-corrected chi connectivity index (χ3v) is 8.27. The second kappa shape index (κ2) is 11.1. The van der Waals surface area contributed by atoms with Crippen LogP contribution in [0.5, 0.6) is 0 Å². The Morgan fingerprint density at radius 3 is 2.75 bits per heavy atom. The van der Waals surface area contributed by atoms with E-state index < -0.39 is 52.1 Å². The number of hydrogen-bond acceptors (Lipinski definition) is 12. The molecule has 1 aliphatic heterocycles. The zero-order valence-corrected chi connectivity index (χ0v) is 23.2. The van der Waals surface area contributed by atoms with Gasteiger partial charge >= 0.3 is 43.0 Å². The van der Waals surface area contributed by atoms with Gasteiger partial charge in [-0.1, -0.05) is 4.98 Å². The Hall–Kier alpha value is -1.46. The van der Waals surface area contributed by atoms with Gasteiger partial charge in [-0.3, -0.25) is 18.9 Å². The maximum Gasteiger partial charge on any atom is 1.00 e. The summed E-state index contributed by atoms with van der Waals surface area (Å²) in [5, 5.41) is 10.9. The molecule has 6 atom stereocenters. The number of aliphatic hydroxyl groups excluding tert-OH is 1. The number of phosphoric acid groups is 1. The largest absolute Gasteiger partial charge is 1.00 e. The molecule has 0 aromatic carbocycles. The molecular formula is C16H23N7NaO10P2+. The van der Waals surface area contributed by atoms with Gasteiger partial charge in [0.05, 0.1) is 26.4 Å². The molecule has 3 aromatic rings.